The Labute approximate surface area is 112 Å². The maximum atomic E-state index is 12.1. The van der Waals surface area contributed by atoms with Gasteiger partial charge in [-0.15, -0.1) is 0 Å². The van der Waals surface area contributed by atoms with Crippen molar-refractivity contribution >= 4 is 5.91 Å². The molecule has 19 heavy (non-hydrogen) atoms. The van der Waals surface area contributed by atoms with Crippen LogP contribution in [0.4, 0.5) is 0 Å². The molecule has 0 aliphatic carbocycles. The number of aromatic nitrogens is 1. The van der Waals surface area contributed by atoms with E-state index in [0.717, 1.165) is 6.42 Å². The van der Waals surface area contributed by atoms with Crippen LogP contribution in [0, 0.1) is 18.3 Å². The largest absolute Gasteiger partial charge is 0.386 e. The van der Waals surface area contributed by atoms with E-state index in [4.69, 9.17) is 5.26 Å². The molecule has 1 aromatic rings. The molecule has 1 aromatic heterocycles. The topological polar surface area (TPSA) is 77.2 Å². The standard InChI is InChI=1S/C14H17N3O2/c1-3-6-14(19)8-17(9-14)13(18)12-5-4-11(7-15)10(2)16-12/h4-5,19H,3,6,8-9H2,1-2H3. The molecule has 0 unspecified atom stereocenters. The number of aryl methyl sites for hydroxylation is 1. The number of nitrogens with zero attached hydrogens (tertiary/aromatic N) is 3. The van der Waals surface area contributed by atoms with Crippen LogP contribution in [-0.4, -0.2) is 39.6 Å². The molecule has 0 atom stereocenters. The van der Waals surface area contributed by atoms with Gasteiger partial charge in [0.1, 0.15) is 11.8 Å². The van der Waals surface area contributed by atoms with Gasteiger partial charge in [-0.1, -0.05) is 13.3 Å². The molecular formula is C14H17N3O2. The Kier molecular flexibility index (Phi) is 3.54. The average Bonchev–Trinajstić information content (AvgIpc) is 2.35. The summed E-state index contributed by atoms with van der Waals surface area (Å²) in [5, 5.41) is 18.9. The third kappa shape index (κ3) is 2.59. The molecular weight excluding hydrogens is 242 g/mol. The van der Waals surface area contributed by atoms with E-state index in [1.54, 1.807) is 24.0 Å². The number of likely N-dealkylation sites (tertiary alicyclic amines) is 1. The SMILES string of the molecule is CCCC1(O)CN(C(=O)c2ccc(C#N)c(C)n2)C1. The second-order valence-electron chi connectivity index (χ2n) is 5.08. The van der Waals surface area contributed by atoms with Gasteiger partial charge >= 0.3 is 0 Å². The molecule has 1 N–H and O–H groups in total. The van der Waals surface area contributed by atoms with Crippen LogP contribution < -0.4 is 0 Å². The predicted molar refractivity (Wildman–Crippen MR) is 69.5 cm³/mol. The van der Waals surface area contributed by atoms with Gasteiger partial charge in [0, 0.05) is 0 Å². The Balaban J connectivity index is 2.07. The van der Waals surface area contributed by atoms with Crippen LogP contribution >= 0.6 is 0 Å². The van der Waals surface area contributed by atoms with Crippen LogP contribution in [0.15, 0.2) is 12.1 Å². The van der Waals surface area contributed by atoms with Crippen molar-refractivity contribution in [1.29, 1.82) is 5.26 Å². The zero-order valence-corrected chi connectivity index (χ0v) is 11.2. The van der Waals surface area contributed by atoms with E-state index < -0.39 is 5.60 Å². The normalized spacial score (nSPS) is 16.6. The van der Waals surface area contributed by atoms with Crippen LogP contribution in [-0.2, 0) is 0 Å². The molecule has 1 amide bonds. The molecule has 100 valence electrons. The number of carbonyl (C=O) groups excluding carboxylic acids is 1. The van der Waals surface area contributed by atoms with Crippen LogP contribution in [0.5, 0.6) is 0 Å². The maximum absolute atomic E-state index is 12.1. The van der Waals surface area contributed by atoms with Crippen molar-refractivity contribution in [3.63, 3.8) is 0 Å². The van der Waals surface area contributed by atoms with Gasteiger partial charge in [-0.25, -0.2) is 4.98 Å². The summed E-state index contributed by atoms with van der Waals surface area (Å²) in [4.78, 5) is 17.9. The van der Waals surface area contributed by atoms with E-state index in [1.807, 2.05) is 13.0 Å². The smallest absolute Gasteiger partial charge is 0.272 e. The molecule has 1 aliphatic heterocycles. The van der Waals surface area contributed by atoms with Crippen molar-refractivity contribution < 1.29 is 9.90 Å². The molecule has 1 aliphatic rings. The molecule has 1 saturated heterocycles. The Hall–Kier alpha value is -1.93. The molecule has 0 radical (unpaired) electrons. The molecule has 1 fully saturated rings. The zero-order valence-electron chi connectivity index (χ0n) is 11.2. The van der Waals surface area contributed by atoms with Gasteiger partial charge in [-0.2, -0.15) is 5.26 Å². The Morgan fingerprint density at radius 3 is 2.79 bits per heavy atom. The van der Waals surface area contributed by atoms with E-state index in [1.165, 1.54) is 0 Å². The number of aliphatic hydroxyl groups is 1. The third-order valence-corrected chi connectivity index (χ3v) is 3.40. The van der Waals surface area contributed by atoms with Gasteiger partial charge in [0.2, 0.25) is 0 Å². The van der Waals surface area contributed by atoms with Crippen molar-refractivity contribution in [2.75, 3.05) is 13.1 Å². The monoisotopic (exact) mass is 259 g/mol. The number of carbonyl (C=O) groups is 1. The fourth-order valence-corrected chi connectivity index (χ4v) is 2.39. The molecule has 2 rings (SSSR count). The molecule has 0 aromatic carbocycles. The van der Waals surface area contributed by atoms with Gasteiger partial charge < -0.3 is 10.0 Å². The van der Waals surface area contributed by atoms with Crippen molar-refractivity contribution in [1.82, 2.24) is 9.88 Å². The third-order valence-electron chi connectivity index (χ3n) is 3.40. The van der Waals surface area contributed by atoms with Gasteiger partial charge in [-0.05, 0) is 25.5 Å². The molecule has 0 saturated carbocycles. The summed E-state index contributed by atoms with van der Waals surface area (Å²) in [6.45, 7) is 4.44. The van der Waals surface area contributed by atoms with E-state index in [2.05, 4.69) is 4.98 Å². The number of amides is 1. The van der Waals surface area contributed by atoms with Crippen LogP contribution in [0.2, 0.25) is 0 Å². The van der Waals surface area contributed by atoms with Crippen molar-refractivity contribution in [3.8, 4) is 6.07 Å². The lowest BCUT2D eigenvalue weighted by atomic mass is 9.89. The minimum Gasteiger partial charge on any atom is -0.386 e. The quantitative estimate of drug-likeness (QED) is 0.886. The summed E-state index contributed by atoms with van der Waals surface area (Å²) >= 11 is 0. The highest BCUT2D eigenvalue weighted by atomic mass is 16.3. The maximum Gasteiger partial charge on any atom is 0.272 e. The van der Waals surface area contributed by atoms with E-state index in [0.29, 0.717) is 36.5 Å². The summed E-state index contributed by atoms with van der Waals surface area (Å²) in [6.07, 6.45) is 1.60. The van der Waals surface area contributed by atoms with Crippen LogP contribution in [0.25, 0.3) is 0 Å². The number of hydrogen-bond acceptors (Lipinski definition) is 4. The minimum absolute atomic E-state index is 0.187. The lowest BCUT2D eigenvalue weighted by Gasteiger charge is -2.46. The van der Waals surface area contributed by atoms with Gasteiger partial charge in [0.15, 0.2) is 0 Å². The van der Waals surface area contributed by atoms with Crippen LogP contribution in [0.3, 0.4) is 0 Å². The summed E-state index contributed by atoms with van der Waals surface area (Å²) in [6, 6.07) is 5.19. The van der Waals surface area contributed by atoms with Crippen molar-refractivity contribution in [3.05, 3.63) is 29.1 Å². The highest BCUT2D eigenvalue weighted by molar-refractivity contribution is 5.93. The first-order chi connectivity index (χ1) is 8.99. The lowest BCUT2D eigenvalue weighted by molar-refractivity contribution is -0.0861. The van der Waals surface area contributed by atoms with E-state index in [-0.39, 0.29) is 5.91 Å². The summed E-state index contributed by atoms with van der Waals surface area (Å²) in [5.74, 6) is -0.187. The fraction of sp³-hybridized carbons (Fsp3) is 0.500. The highest BCUT2D eigenvalue weighted by Crippen LogP contribution is 2.27. The van der Waals surface area contributed by atoms with E-state index >= 15 is 0 Å². The first kappa shape index (κ1) is 13.5. The van der Waals surface area contributed by atoms with Gasteiger partial charge in [0.25, 0.3) is 5.91 Å². The number of hydrogen-bond donors (Lipinski definition) is 1. The first-order valence-electron chi connectivity index (χ1n) is 6.38. The summed E-state index contributed by atoms with van der Waals surface area (Å²) < 4.78 is 0. The Morgan fingerprint density at radius 1 is 1.58 bits per heavy atom. The van der Waals surface area contributed by atoms with Crippen molar-refractivity contribution in [2.45, 2.75) is 32.3 Å². The minimum atomic E-state index is -0.730. The molecule has 5 heteroatoms. The number of β-amino-alcohol motifs (C(OH)–C–C–N with tert-alkyl or cyclic N) is 1. The molecule has 2 heterocycles. The summed E-state index contributed by atoms with van der Waals surface area (Å²) in [7, 11) is 0. The fourth-order valence-electron chi connectivity index (χ4n) is 2.39. The molecule has 0 spiro atoms. The zero-order chi connectivity index (χ0) is 14.0. The Bertz CT molecular complexity index is 542. The van der Waals surface area contributed by atoms with Crippen molar-refractivity contribution in [2.24, 2.45) is 0 Å². The Morgan fingerprint density at radius 2 is 2.26 bits per heavy atom. The number of rotatable bonds is 3. The van der Waals surface area contributed by atoms with Gasteiger partial charge in [-0.3, -0.25) is 4.79 Å². The van der Waals surface area contributed by atoms with E-state index in [9.17, 15) is 9.90 Å². The predicted octanol–water partition coefficient (Wildman–Crippen LogP) is 1.25. The van der Waals surface area contributed by atoms with Gasteiger partial charge in [0.05, 0.1) is 29.9 Å². The highest BCUT2D eigenvalue weighted by Gasteiger charge is 2.43. The molecule has 5 nitrogen and oxygen atoms in total. The summed E-state index contributed by atoms with van der Waals surface area (Å²) in [5.41, 5.74) is 0.627. The van der Waals surface area contributed by atoms with Crippen LogP contribution in [0.1, 0.15) is 41.5 Å². The first-order valence-corrected chi connectivity index (χ1v) is 6.38. The second-order valence-corrected chi connectivity index (χ2v) is 5.08. The number of pyridine rings is 1. The lowest BCUT2D eigenvalue weighted by Crippen LogP contribution is -2.63. The molecule has 0 bridgehead atoms. The second kappa shape index (κ2) is 4.98. The average molecular weight is 259 g/mol. The number of nitriles is 1.